The van der Waals surface area contributed by atoms with Gasteiger partial charge in [-0.15, -0.1) is 0 Å². The summed E-state index contributed by atoms with van der Waals surface area (Å²) >= 11 is 1.96. The van der Waals surface area contributed by atoms with E-state index in [-0.39, 0.29) is 22.7 Å². The number of aromatic hydroxyl groups is 1. The molecule has 0 spiro atoms. The Morgan fingerprint density at radius 3 is 2.67 bits per heavy atom. The molecule has 0 fully saturated rings. The highest BCUT2D eigenvalue weighted by atomic mass is 127. The minimum atomic E-state index is -0.872. The number of hydrogen-bond donors (Lipinski definition) is 2. The summed E-state index contributed by atoms with van der Waals surface area (Å²) in [4.78, 5) is 33.9. The summed E-state index contributed by atoms with van der Waals surface area (Å²) in [5, 5.41) is 22.8. The van der Waals surface area contributed by atoms with Gasteiger partial charge >= 0.3 is 5.97 Å². The molecule has 2 rings (SSSR count). The zero-order valence-electron chi connectivity index (χ0n) is 12.1. The van der Waals surface area contributed by atoms with E-state index in [4.69, 9.17) is 4.74 Å². The van der Waals surface area contributed by atoms with Crippen LogP contribution in [0.2, 0.25) is 0 Å². The molecule has 0 atom stereocenters. The van der Waals surface area contributed by atoms with Crippen molar-refractivity contribution in [2.45, 2.75) is 0 Å². The van der Waals surface area contributed by atoms with Gasteiger partial charge in [0.15, 0.2) is 6.61 Å². The Balaban J connectivity index is 2.00. The van der Waals surface area contributed by atoms with Crippen LogP contribution in [0.1, 0.15) is 10.4 Å². The molecule has 0 bridgehead atoms. The number of nitrogens with zero attached hydrogens (tertiary/aromatic N) is 1. The van der Waals surface area contributed by atoms with Gasteiger partial charge in [0, 0.05) is 9.64 Å². The molecule has 124 valence electrons. The van der Waals surface area contributed by atoms with Crippen LogP contribution < -0.4 is 5.32 Å². The number of nitro groups is 1. The number of rotatable bonds is 5. The molecule has 0 heterocycles. The molecule has 0 aliphatic carbocycles. The van der Waals surface area contributed by atoms with E-state index < -0.39 is 23.4 Å². The van der Waals surface area contributed by atoms with Crippen molar-refractivity contribution in [2.24, 2.45) is 0 Å². The van der Waals surface area contributed by atoms with Crippen molar-refractivity contribution in [2.75, 3.05) is 11.9 Å². The fourth-order valence-corrected chi connectivity index (χ4v) is 2.30. The van der Waals surface area contributed by atoms with Crippen LogP contribution in [-0.2, 0) is 9.53 Å². The molecule has 0 radical (unpaired) electrons. The molecule has 2 N–H and O–H groups in total. The van der Waals surface area contributed by atoms with Gasteiger partial charge in [0.05, 0.1) is 4.92 Å². The van der Waals surface area contributed by atoms with Crippen molar-refractivity contribution in [3.8, 4) is 5.75 Å². The molecule has 2 aromatic rings. The van der Waals surface area contributed by atoms with Gasteiger partial charge in [-0.1, -0.05) is 12.1 Å². The number of halogens is 1. The summed E-state index contributed by atoms with van der Waals surface area (Å²) in [6.45, 7) is -0.643. The second-order valence-corrected chi connectivity index (χ2v) is 5.81. The number of nitro benzene ring substituents is 1. The summed E-state index contributed by atoms with van der Waals surface area (Å²) in [6, 6.07) is 9.96. The highest BCUT2D eigenvalue weighted by Gasteiger charge is 2.17. The maximum Gasteiger partial charge on any atom is 0.342 e. The topological polar surface area (TPSA) is 119 Å². The monoisotopic (exact) mass is 442 g/mol. The van der Waals surface area contributed by atoms with Crippen LogP contribution in [0, 0.1) is 13.7 Å². The number of carbonyl (C=O) groups is 2. The fraction of sp³-hybridized carbons (Fsp3) is 0.0667. The van der Waals surface area contributed by atoms with Gasteiger partial charge < -0.3 is 15.2 Å². The van der Waals surface area contributed by atoms with Crippen molar-refractivity contribution >= 4 is 45.8 Å². The summed E-state index contributed by atoms with van der Waals surface area (Å²) < 4.78 is 5.52. The number of ether oxygens (including phenoxy) is 1. The number of benzene rings is 2. The predicted molar refractivity (Wildman–Crippen MR) is 92.8 cm³/mol. The zero-order valence-corrected chi connectivity index (χ0v) is 14.2. The van der Waals surface area contributed by atoms with Crippen molar-refractivity contribution in [3.05, 3.63) is 61.7 Å². The third-order valence-electron chi connectivity index (χ3n) is 2.89. The quantitative estimate of drug-likeness (QED) is 0.318. The van der Waals surface area contributed by atoms with Crippen LogP contribution in [0.4, 0.5) is 11.4 Å². The third kappa shape index (κ3) is 4.41. The molecular weight excluding hydrogens is 431 g/mol. The highest BCUT2D eigenvalue weighted by molar-refractivity contribution is 14.1. The molecule has 0 saturated heterocycles. The first-order valence-corrected chi connectivity index (χ1v) is 7.65. The number of nitrogens with one attached hydrogen (secondary N) is 1. The molecule has 0 unspecified atom stereocenters. The Bertz CT molecular complexity index is 808. The molecule has 1 amide bonds. The Labute approximate surface area is 149 Å². The van der Waals surface area contributed by atoms with E-state index in [1.807, 2.05) is 22.6 Å². The van der Waals surface area contributed by atoms with Gasteiger partial charge in [-0.05, 0) is 46.9 Å². The van der Waals surface area contributed by atoms with Gasteiger partial charge in [-0.3, -0.25) is 14.9 Å². The van der Waals surface area contributed by atoms with Crippen molar-refractivity contribution in [3.63, 3.8) is 0 Å². The van der Waals surface area contributed by atoms with Gasteiger partial charge in [0.25, 0.3) is 11.6 Å². The number of anilines is 1. The molecule has 2 aromatic carbocycles. The second kappa shape index (κ2) is 7.73. The Hall–Kier alpha value is -2.69. The average Bonchev–Trinajstić information content (AvgIpc) is 2.55. The number of phenolic OH excluding ortho intramolecular Hbond substituents is 1. The van der Waals surface area contributed by atoms with E-state index in [1.54, 1.807) is 6.07 Å². The van der Waals surface area contributed by atoms with Crippen molar-refractivity contribution in [1.82, 2.24) is 0 Å². The van der Waals surface area contributed by atoms with Gasteiger partial charge in [0.1, 0.15) is 17.0 Å². The van der Waals surface area contributed by atoms with Crippen molar-refractivity contribution in [1.29, 1.82) is 0 Å². The standard InChI is InChI=1S/C15H11IN2O6/c16-9-5-6-13(19)10(7-9)15(21)24-8-14(20)17-11-3-1-2-4-12(11)18(22)23/h1-7,19H,8H2,(H,17,20). The Morgan fingerprint density at radius 1 is 1.25 bits per heavy atom. The smallest absolute Gasteiger partial charge is 0.342 e. The van der Waals surface area contributed by atoms with Crippen LogP contribution in [0.15, 0.2) is 42.5 Å². The number of hydrogen-bond acceptors (Lipinski definition) is 6. The lowest BCUT2D eigenvalue weighted by molar-refractivity contribution is -0.383. The maximum absolute atomic E-state index is 11.9. The van der Waals surface area contributed by atoms with Crippen LogP contribution in [0.25, 0.3) is 0 Å². The Kier molecular flexibility index (Phi) is 5.68. The number of phenols is 1. The summed E-state index contributed by atoms with van der Waals surface area (Å²) in [6.07, 6.45) is 0. The predicted octanol–water partition coefficient (Wildman–Crippen LogP) is 2.70. The lowest BCUT2D eigenvalue weighted by Crippen LogP contribution is -2.21. The van der Waals surface area contributed by atoms with E-state index in [9.17, 15) is 24.8 Å². The third-order valence-corrected chi connectivity index (χ3v) is 3.56. The molecule has 24 heavy (non-hydrogen) atoms. The number of esters is 1. The van der Waals surface area contributed by atoms with Gasteiger partial charge in [-0.25, -0.2) is 4.79 Å². The molecule has 0 aliphatic rings. The van der Waals surface area contributed by atoms with Crippen LogP contribution >= 0.6 is 22.6 Å². The molecule has 0 aliphatic heterocycles. The van der Waals surface area contributed by atoms with Crippen molar-refractivity contribution < 1.29 is 24.4 Å². The van der Waals surface area contributed by atoms with Crippen LogP contribution in [-0.4, -0.2) is 28.5 Å². The molecule has 0 saturated carbocycles. The lowest BCUT2D eigenvalue weighted by atomic mass is 10.2. The Morgan fingerprint density at radius 2 is 1.96 bits per heavy atom. The molecular formula is C15H11IN2O6. The van der Waals surface area contributed by atoms with Gasteiger partial charge in [0.2, 0.25) is 0 Å². The minimum Gasteiger partial charge on any atom is -0.507 e. The van der Waals surface area contributed by atoms with E-state index in [1.165, 1.54) is 36.4 Å². The lowest BCUT2D eigenvalue weighted by Gasteiger charge is -2.08. The minimum absolute atomic E-state index is 0.000607. The zero-order chi connectivity index (χ0) is 17.7. The van der Waals surface area contributed by atoms with E-state index >= 15 is 0 Å². The summed E-state index contributed by atoms with van der Waals surface area (Å²) in [5.41, 5.74) is -0.339. The average molecular weight is 442 g/mol. The van der Waals surface area contributed by atoms with Gasteiger partial charge in [-0.2, -0.15) is 0 Å². The first-order chi connectivity index (χ1) is 11.4. The second-order valence-electron chi connectivity index (χ2n) is 4.56. The first-order valence-electron chi connectivity index (χ1n) is 6.57. The fourth-order valence-electron chi connectivity index (χ4n) is 1.81. The van der Waals surface area contributed by atoms with E-state index in [0.717, 1.165) is 0 Å². The highest BCUT2D eigenvalue weighted by Crippen LogP contribution is 2.23. The molecule has 9 heteroatoms. The summed E-state index contributed by atoms with van der Waals surface area (Å²) in [7, 11) is 0. The van der Waals surface area contributed by atoms with Crippen LogP contribution in [0.5, 0.6) is 5.75 Å². The van der Waals surface area contributed by atoms with Crippen LogP contribution in [0.3, 0.4) is 0 Å². The molecule has 8 nitrogen and oxygen atoms in total. The van der Waals surface area contributed by atoms with E-state index in [0.29, 0.717) is 3.57 Å². The maximum atomic E-state index is 11.9. The first kappa shape index (κ1) is 17.7. The van der Waals surface area contributed by atoms with E-state index in [2.05, 4.69) is 5.32 Å². The number of amides is 1. The normalized spacial score (nSPS) is 10.0. The largest absolute Gasteiger partial charge is 0.507 e. The number of para-hydroxylation sites is 2. The SMILES string of the molecule is O=C(COC(=O)c1cc(I)ccc1O)Nc1ccccc1[N+](=O)[O-]. The number of carbonyl (C=O) groups excluding carboxylic acids is 2. The molecule has 0 aromatic heterocycles. The summed E-state index contributed by atoms with van der Waals surface area (Å²) in [5.74, 6) is -1.87.